The number of nitrogens with zero attached hydrogens (tertiary/aromatic N) is 1. The van der Waals surface area contributed by atoms with Gasteiger partial charge in [0.15, 0.2) is 0 Å². The van der Waals surface area contributed by atoms with Crippen molar-refractivity contribution in [2.45, 2.75) is 20.0 Å². The highest BCUT2D eigenvalue weighted by Crippen LogP contribution is 2.19. The van der Waals surface area contributed by atoms with Crippen LogP contribution in [-0.2, 0) is 11.4 Å². The van der Waals surface area contributed by atoms with Crippen LogP contribution in [0.2, 0.25) is 5.02 Å². The van der Waals surface area contributed by atoms with Crippen LogP contribution in [0.4, 0.5) is 0 Å². The Labute approximate surface area is 152 Å². The summed E-state index contributed by atoms with van der Waals surface area (Å²) in [5.41, 5.74) is 1.75. The minimum absolute atomic E-state index is 0.0817. The number of rotatable bonds is 7. The third kappa shape index (κ3) is 5.66. The fourth-order valence-corrected chi connectivity index (χ4v) is 2.28. The molecule has 0 aliphatic rings. The zero-order valence-corrected chi connectivity index (χ0v) is 14.7. The minimum atomic E-state index is -0.358. The van der Waals surface area contributed by atoms with E-state index in [2.05, 4.69) is 5.32 Å². The first-order valence-electron chi connectivity index (χ1n) is 8.00. The van der Waals surface area contributed by atoms with Crippen molar-refractivity contribution < 1.29 is 9.53 Å². The number of hydrogen-bond donors (Lipinski definition) is 1. The van der Waals surface area contributed by atoms with Gasteiger partial charge in [-0.3, -0.25) is 4.79 Å². The average Bonchev–Trinajstić information content (AvgIpc) is 2.64. The van der Waals surface area contributed by atoms with E-state index >= 15 is 0 Å². The number of carbonyl (C=O) groups excluding carboxylic acids is 1. The zero-order valence-electron chi connectivity index (χ0n) is 14.0. The summed E-state index contributed by atoms with van der Waals surface area (Å²) in [6.07, 6.45) is 2.38. The van der Waals surface area contributed by atoms with Crippen molar-refractivity contribution in [3.63, 3.8) is 0 Å². The predicted octanol–water partition coefficient (Wildman–Crippen LogP) is 4.35. The van der Waals surface area contributed by atoms with Crippen molar-refractivity contribution >= 4 is 23.6 Å². The second kappa shape index (κ2) is 9.51. The highest BCUT2D eigenvalue weighted by molar-refractivity contribution is 6.31. The molecule has 2 aromatic rings. The highest BCUT2D eigenvalue weighted by Gasteiger charge is 2.08. The molecule has 0 aliphatic carbocycles. The van der Waals surface area contributed by atoms with Gasteiger partial charge in [-0.2, -0.15) is 5.26 Å². The average molecular weight is 355 g/mol. The van der Waals surface area contributed by atoms with Crippen LogP contribution < -0.4 is 10.1 Å². The van der Waals surface area contributed by atoms with Crippen molar-refractivity contribution in [3.8, 4) is 11.8 Å². The summed E-state index contributed by atoms with van der Waals surface area (Å²) in [4.78, 5) is 11.9. The van der Waals surface area contributed by atoms with Crippen molar-refractivity contribution in [1.82, 2.24) is 5.32 Å². The molecule has 0 bridgehead atoms. The Morgan fingerprint density at radius 1 is 1.24 bits per heavy atom. The van der Waals surface area contributed by atoms with Crippen LogP contribution in [0, 0.1) is 11.3 Å². The molecule has 25 heavy (non-hydrogen) atoms. The van der Waals surface area contributed by atoms with Gasteiger partial charge >= 0.3 is 0 Å². The maximum absolute atomic E-state index is 11.9. The molecule has 2 aromatic carbocycles. The van der Waals surface area contributed by atoms with Gasteiger partial charge in [0.1, 0.15) is 24.0 Å². The van der Waals surface area contributed by atoms with E-state index in [1.54, 1.807) is 30.3 Å². The molecule has 0 atom stereocenters. The Bertz CT molecular complexity index is 792. The largest absolute Gasteiger partial charge is 0.489 e. The van der Waals surface area contributed by atoms with Gasteiger partial charge in [-0.25, -0.2) is 0 Å². The van der Waals surface area contributed by atoms with Gasteiger partial charge in [0, 0.05) is 17.1 Å². The lowest BCUT2D eigenvalue weighted by Gasteiger charge is -2.08. The lowest BCUT2D eigenvalue weighted by atomic mass is 10.1. The van der Waals surface area contributed by atoms with Crippen LogP contribution in [0.15, 0.2) is 54.1 Å². The molecule has 0 spiro atoms. The van der Waals surface area contributed by atoms with Gasteiger partial charge in [0.2, 0.25) is 0 Å². The summed E-state index contributed by atoms with van der Waals surface area (Å²) >= 11 is 6.10. The standard InChI is InChI=1S/C20H19ClN2O2/c1-2-11-23-20(24)17(13-22)12-15-7-9-18(10-8-15)25-14-16-5-3-4-6-19(16)21/h3-10,12H,2,11,14H2,1H3,(H,23,24)/b17-12-. The molecular formula is C20H19ClN2O2. The summed E-state index contributed by atoms with van der Waals surface area (Å²) in [5.74, 6) is 0.328. The normalized spacial score (nSPS) is 10.8. The summed E-state index contributed by atoms with van der Waals surface area (Å²) in [6.45, 7) is 2.88. The fraction of sp³-hybridized carbons (Fsp3) is 0.200. The number of carbonyl (C=O) groups is 1. The Morgan fingerprint density at radius 3 is 2.60 bits per heavy atom. The number of nitrogens with one attached hydrogen (secondary N) is 1. The number of ether oxygens (including phenoxy) is 1. The maximum Gasteiger partial charge on any atom is 0.261 e. The molecule has 5 heteroatoms. The molecule has 0 saturated carbocycles. The smallest absolute Gasteiger partial charge is 0.261 e. The maximum atomic E-state index is 11.9. The van der Waals surface area contributed by atoms with Crippen molar-refractivity contribution in [2.24, 2.45) is 0 Å². The van der Waals surface area contributed by atoms with Crippen molar-refractivity contribution in [3.05, 3.63) is 70.3 Å². The van der Waals surface area contributed by atoms with Gasteiger partial charge in [0.25, 0.3) is 5.91 Å². The third-order valence-electron chi connectivity index (χ3n) is 3.44. The molecule has 2 rings (SSSR count). The van der Waals surface area contributed by atoms with Gasteiger partial charge < -0.3 is 10.1 Å². The van der Waals surface area contributed by atoms with E-state index in [9.17, 15) is 4.79 Å². The van der Waals surface area contributed by atoms with Crippen LogP contribution in [0.1, 0.15) is 24.5 Å². The second-order valence-corrected chi connectivity index (χ2v) is 5.78. The Hall–Kier alpha value is -2.77. The molecule has 0 radical (unpaired) electrons. The van der Waals surface area contributed by atoms with Crippen LogP contribution in [0.25, 0.3) is 6.08 Å². The third-order valence-corrected chi connectivity index (χ3v) is 3.81. The van der Waals surface area contributed by atoms with Gasteiger partial charge in [-0.15, -0.1) is 0 Å². The number of amides is 1. The molecule has 0 aliphatic heterocycles. The van der Waals surface area contributed by atoms with Crippen molar-refractivity contribution in [2.75, 3.05) is 6.54 Å². The van der Waals surface area contributed by atoms with Crippen LogP contribution >= 0.6 is 11.6 Å². The number of benzene rings is 2. The Morgan fingerprint density at radius 2 is 1.96 bits per heavy atom. The van der Waals surface area contributed by atoms with Gasteiger partial charge in [-0.05, 0) is 36.3 Å². The molecule has 4 nitrogen and oxygen atoms in total. The van der Waals surface area contributed by atoms with E-state index in [1.165, 1.54) is 0 Å². The van der Waals surface area contributed by atoms with E-state index < -0.39 is 0 Å². The fourth-order valence-electron chi connectivity index (χ4n) is 2.09. The topological polar surface area (TPSA) is 62.1 Å². The lowest BCUT2D eigenvalue weighted by Crippen LogP contribution is -2.25. The number of hydrogen-bond acceptors (Lipinski definition) is 3. The molecule has 128 valence electrons. The zero-order chi connectivity index (χ0) is 18.1. The Kier molecular flexibility index (Phi) is 7.06. The summed E-state index contributed by atoms with van der Waals surface area (Å²) in [5, 5.41) is 12.5. The van der Waals surface area contributed by atoms with Crippen LogP contribution in [0.5, 0.6) is 5.75 Å². The lowest BCUT2D eigenvalue weighted by molar-refractivity contribution is -0.117. The molecule has 0 unspecified atom stereocenters. The summed E-state index contributed by atoms with van der Waals surface area (Å²) in [7, 11) is 0. The molecule has 0 aromatic heterocycles. The van der Waals surface area contributed by atoms with E-state index in [0.29, 0.717) is 23.9 Å². The van der Waals surface area contributed by atoms with Crippen LogP contribution in [0.3, 0.4) is 0 Å². The van der Waals surface area contributed by atoms with Crippen LogP contribution in [-0.4, -0.2) is 12.5 Å². The van der Waals surface area contributed by atoms with Crippen molar-refractivity contribution in [1.29, 1.82) is 5.26 Å². The molecule has 0 heterocycles. The first-order valence-corrected chi connectivity index (χ1v) is 8.38. The first-order chi connectivity index (χ1) is 12.1. The van der Waals surface area contributed by atoms with E-state index in [0.717, 1.165) is 17.5 Å². The second-order valence-electron chi connectivity index (χ2n) is 5.37. The molecule has 1 amide bonds. The molecule has 0 saturated heterocycles. The first kappa shape index (κ1) is 18.6. The van der Waals surface area contributed by atoms with E-state index in [4.69, 9.17) is 21.6 Å². The summed E-state index contributed by atoms with van der Waals surface area (Å²) in [6, 6.07) is 16.6. The predicted molar refractivity (Wildman–Crippen MR) is 99.1 cm³/mol. The van der Waals surface area contributed by atoms with Gasteiger partial charge in [-0.1, -0.05) is 48.9 Å². The SMILES string of the molecule is CCCNC(=O)/C(C#N)=C\c1ccc(OCc2ccccc2Cl)cc1. The van der Waals surface area contributed by atoms with E-state index in [-0.39, 0.29) is 11.5 Å². The molecular weight excluding hydrogens is 336 g/mol. The monoisotopic (exact) mass is 354 g/mol. The quantitative estimate of drug-likeness (QED) is 0.593. The number of halogens is 1. The Balaban J connectivity index is 2.01. The van der Waals surface area contributed by atoms with Gasteiger partial charge in [0.05, 0.1) is 0 Å². The minimum Gasteiger partial charge on any atom is -0.489 e. The molecule has 0 fully saturated rings. The highest BCUT2D eigenvalue weighted by atomic mass is 35.5. The van der Waals surface area contributed by atoms with E-state index in [1.807, 2.05) is 37.3 Å². The number of nitriles is 1. The molecule has 1 N–H and O–H groups in total. The summed E-state index contributed by atoms with van der Waals surface area (Å²) < 4.78 is 5.71.